The van der Waals surface area contributed by atoms with Gasteiger partial charge < -0.3 is 24.4 Å². The van der Waals surface area contributed by atoms with E-state index in [-0.39, 0.29) is 12.1 Å². The molecule has 1 aromatic carbocycles. The highest BCUT2D eigenvalue weighted by Gasteiger charge is 2.18. The summed E-state index contributed by atoms with van der Waals surface area (Å²) in [5, 5.41) is 2.93. The third-order valence-electron chi connectivity index (χ3n) is 4.63. The lowest BCUT2D eigenvalue weighted by atomic mass is 10.1. The van der Waals surface area contributed by atoms with Crippen molar-refractivity contribution in [1.29, 1.82) is 0 Å². The van der Waals surface area contributed by atoms with E-state index < -0.39 is 0 Å². The van der Waals surface area contributed by atoms with E-state index in [1.54, 1.807) is 39.5 Å². The van der Waals surface area contributed by atoms with Crippen molar-refractivity contribution in [1.82, 2.24) is 15.2 Å². The van der Waals surface area contributed by atoms with Gasteiger partial charge in [0, 0.05) is 37.9 Å². The highest BCUT2D eigenvalue weighted by molar-refractivity contribution is 5.74. The van der Waals surface area contributed by atoms with Crippen molar-refractivity contribution < 1.29 is 19.0 Å². The van der Waals surface area contributed by atoms with Gasteiger partial charge in [-0.15, -0.1) is 0 Å². The number of carbonyl (C=O) groups is 1. The zero-order valence-corrected chi connectivity index (χ0v) is 17.4. The number of methoxy groups -OCH3 is 3. The Labute approximate surface area is 166 Å². The van der Waals surface area contributed by atoms with E-state index in [1.807, 2.05) is 38.1 Å². The zero-order valence-electron chi connectivity index (χ0n) is 17.4. The van der Waals surface area contributed by atoms with Gasteiger partial charge in [-0.3, -0.25) is 4.98 Å². The normalized spacial score (nSPS) is 11.5. The molecule has 7 nitrogen and oxygen atoms in total. The fourth-order valence-electron chi connectivity index (χ4n) is 2.89. The number of benzene rings is 1. The smallest absolute Gasteiger partial charge is 0.317 e. The summed E-state index contributed by atoms with van der Waals surface area (Å²) in [5.41, 5.74) is 2.98. The van der Waals surface area contributed by atoms with Crippen molar-refractivity contribution in [3.8, 4) is 17.2 Å². The molecule has 0 spiro atoms. The maximum Gasteiger partial charge on any atom is 0.317 e. The average molecular weight is 387 g/mol. The lowest BCUT2D eigenvalue weighted by Crippen LogP contribution is -2.43. The van der Waals surface area contributed by atoms with E-state index >= 15 is 0 Å². The summed E-state index contributed by atoms with van der Waals surface area (Å²) in [6.45, 7) is 4.38. The maximum atomic E-state index is 12.6. The largest absolute Gasteiger partial charge is 0.493 e. The van der Waals surface area contributed by atoms with Gasteiger partial charge in [-0.1, -0.05) is 0 Å². The first-order valence-electron chi connectivity index (χ1n) is 9.10. The monoisotopic (exact) mass is 387 g/mol. The van der Waals surface area contributed by atoms with Crippen molar-refractivity contribution >= 4 is 6.03 Å². The van der Waals surface area contributed by atoms with E-state index in [2.05, 4.69) is 10.3 Å². The number of pyridine rings is 1. The van der Waals surface area contributed by atoms with Crippen LogP contribution in [0.25, 0.3) is 0 Å². The van der Waals surface area contributed by atoms with Crippen molar-refractivity contribution in [3.63, 3.8) is 0 Å². The molecule has 0 fully saturated rings. The molecule has 7 heteroatoms. The van der Waals surface area contributed by atoms with Gasteiger partial charge in [0.2, 0.25) is 5.75 Å². The van der Waals surface area contributed by atoms with E-state index in [1.165, 1.54) is 0 Å². The van der Waals surface area contributed by atoms with Crippen LogP contribution in [-0.2, 0) is 13.0 Å². The molecule has 1 aromatic heterocycles. The number of likely N-dealkylation sites (N-methyl/N-ethyl adjacent to an activating group) is 1. The van der Waals surface area contributed by atoms with Gasteiger partial charge in [0.05, 0.1) is 21.3 Å². The number of rotatable bonds is 8. The SMILES string of the molecule is COc1cc(CNC(=O)N(C)C(C)Cc2cc(C)ccn2)cc(OC)c1OC. The molecule has 0 aliphatic carbocycles. The Morgan fingerprint density at radius 2 is 1.79 bits per heavy atom. The molecule has 0 saturated heterocycles. The van der Waals surface area contributed by atoms with Crippen LogP contribution in [0.3, 0.4) is 0 Å². The molecule has 0 radical (unpaired) electrons. The van der Waals surface area contributed by atoms with Gasteiger partial charge in [0.25, 0.3) is 0 Å². The maximum absolute atomic E-state index is 12.6. The molecular formula is C21H29N3O4. The molecule has 1 unspecified atom stereocenters. The predicted octanol–water partition coefficient (Wildman–Crippen LogP) is 3.19. The zero-order chi connectivity index (χ0) is 20.7. The number of hydrogen-bond donors (Lipinski definition) is 1. The Morgan fingerprint density at radius 1 is 1.14 bits per heavy atom. The van der Waals surface area contributed by atoms with Gasteiger partial charge in [-0.25, -0.2) is 4.79 Å². The summed E-state index contributed by atoms with van der Waals surface area (Å²) in [5.74, 6) is 1.63. The summed E-state index contributed by atoms with van der Waals surface area (Å²) < 4.78 is 16.0. The first kappa shape index (κ1) is 21.3. The van der Waals surface area contributed by atoms with Crippen LogP contribution in [0, 0.1) is 6.92 Å². The van der Waals surface area contributed by atoms with Crippen LogP contribution in [0.5, 0.6) is 17.2 Å². The number of urea groups is 1. The quantitative estimate of drug-likeness (QED) is 0.753. The average Bonchev–Trinajstić information content (AvgIpc) is 2.70. The third-order valence-corrected chi connectivity index (χ3v) is 4.63. The second-order valence-corrected chi connectivity index (χ2v) is 6.68. The summed E-state index contributed by atoms with van der Waals surface area (Å²) in [6, 6.07) is 7.49. The Morgan fingerprint density at radius 3 is 2.32 bits per heavy atom. The van der Waals surface area contributed by atoms with E-state index in [0.29, 0.717) is 30.2 Å². The fourth-order valence-corrected chi connectivity index (χ4v) is 2.89. The van der Waals surface area contributed by atoms with Gasteiger partial charge in [-0.2, -0.15) is 0 Å². The Balaban J connectivity index is 2.00. The third kappa shape index (κ3) is 5.28. The first-order chi connectivity index (χ1) is 13.4. The van der Waals surface area contributed by atoms with E-state index in [0.717, 1.165) is 16.8 Å². The molecule has 0 aliphatic rings. The summed E-state index contributed by atoms with van der Waals surface area (Å²) in [7, 11) is 6.47. The Kier molecular flexibility index (Phi) is 7.49. The fraction of sp³-hybridized carbons (Fsp3) is 0.429. The van der Waals surface area contributed by atoms with Crippen molar-refractivity contribution in [3.05, 3.63) is 47.3 Å². The van der Waals surface area contributed by atoms with Crippen LogP contribution < -0.4 is 19.5 Å². The summed E-state index contributed by atoms with van der Waals surface area (Å²) in [4.78, 5) is 18.6. The molecule has 2 rings (SSSR count). The topological polar surface area (TPSA) is 72.9 Å². The lowest BCUT2D eigenvalue weighted by Gasteiger charge is -2.25. The molecular weight excluding hydrogens is 358 g/mol. The Bertz CT molecular complexity index is 785. The molecule has 2 amide bonds. The van der Waals surface area contributed by atoms with Crippen molar-refractivity contribution in [2.24, 2.45) is 0 Å². The standard InChI is InChI=1S/C21H29N3O4/c1-14-7-8-22-17(9-14)10-15(2)24(3)21(25)23-13-16-11-18(26-4)20(28-6)19(12-16)27-5/h7-9,11-12,15H,10,13H2,1-6H3,(H,23,25). The second-order valence-electron chi connectivity index (χ2n) is 6.68. The van der Waals surface area contributed by atoms with Gasteiger partial charge in [0.15, 0.2) is 11.5 Å². The molecule has 0 aliphatic heterocycles. The predicted molar refractivity (Wildman–Crippen MR) is 108 cm³/mol. The molecule has 0 bridgehead atoms. The first-order valence-corrected chi connectivity index (χ1v) is 9.10. The number of carbonyl (C=O) groups excluding carboxylic acids is 1. The van der Waals surface area contributed by atoms with E-state index in [9.17, 15) is 4.79 Å². The number of aromatic nitrogens is 1. The van der Waals surface area contributed by atoms with Crippen LogP contribution in [0.1, 0.15) is 23.7 Å². The molecule has 2 aromatic rings. The molecule has 1 heterocycles. The van der Waals surface area contributed by atoms with Crippen molar-refractivity contribution in [2.45, 2.75) is 32.9 Å². The highest BCUT2D eigenvalue weighted by Crippen LogP contribution is 2.38. The van der Waals surface area contributed by atoms with Crippen molar-refractivity contribution in [2.75, 3.05) is 28.4 Å². The summed E-state index contributed by atoms with van der Waals surface area (Å²) >= 11 is 0. The number of nitrogens with zero attached hydrogens (tertiary/aromatic N) is 2. The minimum absolute atomic E-state index is 0.00856. The van der Waals surface area contributed by atoms with Gasteiger partial charge in [-0.05, 0) is 49.2 Å². The van der Waals surface area contributed by atoms with Crippen LogP contribution in [0.4, 0.5) is 4.79 Å². The summed E-state index contributed by atoms with van der Waals surface area (Å²) in [6.07, 6.45) is 2.48. The second kappa shape index (κ2) is 9.82. The highest BCUT2D eigenvalue weighted by atomic mass is 16.5. The minimum atomic E-state index is -0.158. The van der Waals surface area contributed by atoms with Crippen LogP contribution in [0.2, 0.25) is 0 Å². The number of amides is 2. The number of aryl methyl sites for hydroxylation is 1. The number of hydrogen-bond acceptors (Lipinski definition) is 5. The van der Waals surface area contributed by atoms with Gasteiger partial charge in [0.1, 0.15) is 0 Å². The van der Waals surface area contributed by atoms with E-state index in [4.69, 9.17) is 14.2 Å². The lowest BCUT2D eigenvalue weighted by molar-refractivity contribution is 0.193. The number of ether oxygens (including phenoxy) is 3. The van der Waals surface area contributed by atoms with Crippen LogP contribution in [0.15, 0.2) is 30.5 Å². The van der Waals surface area contributed by atoms with Gasteiger partial charge >= 0.3 is 6.03 Å². The molecule has 1 N–H and O–H groups in total. The molecule has 0 saturated carbocycles. The molecule has 152 valence electrons. The number of nitrogens with one attached hydrogen (secondary N) is 1. The molecule has 28 heavy (non-hydrogen) atoms. The van der Waals surface area contributed by atoms with Crippen LogP contribution >= 0.6 is 0 Å². The molecule has 1 atom stereocenters. The minimum Gasteiger partial charge on any atom is -0.493 e. The Hall–Kier alpha value is -2.96. The van der Waals surface area contributed by atoms with Crippen LogP contribution in [-0.4, -0.2) is 50.3 Å².